The van der Waals surface area contributed by atoms with E-state index in [0.717, 1.165) is 17.5 Å². The van der Waals surface area contributed by atoms with Gasteiger partial charge in [0.05, 0.1) is 13.2 Å². The van der Waals surface area contributed by atoms with Gasteiger partial charge in [0, 0.05) is 31.8 Å². The predicted molar refractivity (Wildman–Crippen MR) is 82.3 cm³/mol. The number of ether oxygens (including phenoxy) is 1. The molecule has 0 saturated heterocycles. The van der Waals surface area contributed by atoms with E-state index in [1.165, 1.54) is 4.88 Å². The Hall–Kier alpha value is -0.410. The van der Waals surface area contributed by atoms with Crippen molar-refractivity contribution < 1.29 is 4.74 Å². The molecule has 1 aromatic rings. The maximum atomic E-state index is 4.95. The van der Waals surface area contributed by atoms with Crippen molar-refractivity contribution in [1.29, 1.82) is 0 Å². The molecule has 0 aliphatic carbocycles. The van der Waals surface area contributed by atoms with Crippen molar-refractivity contribution in [1.82, 2.24) is 15.6 Å². The van der Waals surface area contributed by atoms with Crippen molar-refractivity contribution in [2.75, 3.05) is 27.3 Å². The molecule has 5 nitrogen and oxygen atoms in total. The smallest absolute Gasteiger partial charge is 0.191 e. The Morgan fingerprint density at radius 2 is 2.29 bits per heavy atom. The number of methoxy groups -OCH3 is 1. The van der Waals surface area contributed by atoms with Gasteiger partial charge in [-0.05, 0) is 6.92 Å². The molecule has 1 rings (SSSR count). The Kier molecular flexibility index (Phi) is 9.37. The lowest BCUT2D eigenvalue weighted by Gasteiger charge is -2.09. The molecule has 0 radical (unpaired) electrons. The summed E-state index contributed by atoms with van der Waals surface area (Å²) in [6, 6.07) is 0. The van der Waals surface area contributed by atoms with Crippen LogP contribution in [0.2, 0.25) is 0 Å². The first kappa shape index (κ1) is 16.6. The molecule has 0 aromatic carbocycles. The van der Waals surface area contributed by atoms with Crippen LogP contribution in [0.15, 0.2) is 11.2 Å². The van der Waals surface area contributed by atoms with Crippen LogP contribution >= 0.6 is 35.3 Å². The number of rotatable bonds is 5. The van der Waals surface area contributed by atoms with E-state index in [2.05, 4.69) is 20.6 Å². The van der Waals surface area contributed by atoms with Gasteiger partial charge < -0.3 is 15.4 Å². The molecule has 0 unspecified atom stereocenters. The Balaban J connectivity index is 0.00000256. The van der Waals surface area contributed by atoms with Gasteiger partial charge in [-0.25, -0.2) is 4.98 Å². The van der Waals surface area contributed by atoms with Crippen LogP contribution in [0.5, 0.6) is 0 Å². The summed E-state index contributed by atoms with van der Waals surface area (Å²) in [5, 5.41) is 7.39. The average molecular weight is 370 g/mol. The summed E-state index contributed by atoms with van der Waals surface area (Å²) in [5.74, 6) is 0.768. The van der Waals surface area contributed by atoms with Crippen LogP contribution in [-0.4, -0.2) is 38.3 Å². The maximum absolute atomic E-state index is 4.95. The highest BCUT2D eigenvalue weighted by atomic mass is 127. The van der Waals surface area contributed by atoms with Crippen LogP contribution in [0.25, 0.3) is 0 Å². The highest BCUT2D eigenvalue weighted by Gasteiger charge is 2.00. The number of guanidine groups is 1. The number of aliphatic imine (C=N–C) groups is 1. The van der Waals surface area contributed by atoms with Gasteiger partial charge in [-0.2, -0.15) is 0 Å². The summed E-state index contributed by atoms with van der Waals surface area (Å²) >= 11 is 1.69. The molecule has 2 N–H and O–H groups in total. The number of nitrogens with one attached hydrogen (secondary N) is 2. The molecule has 1 heterocycles. The van der Waals surface area contributed by atoms with E-state index >= 15 is 0 Å². The number of nitrogens with zero attached hydrogens (tertiary/aromatic N) is 2. The van der Waals surface area contributed by atoms with E-state index in [0.29, 0.717) is 13.2 Å². The summed E-state index contributed by atoms with van der Waals surface area (Å²) < 4.78 is 4.95. The number of halogens is 1. The van der Waals surface area contributed by atoms with Gasteiger partial charge in [0.15, 0.2) is 5.96 Å². The van der Waals surface area contributed by atoms with Gasteiger partial charge in [-0.1, -0.05) is 0 Å². The van der Waals surface area contributed by atoms with E-state index in [9.17, 15) is 0 Å². The minimum Gasteiger partial charge on any atom is -0.383 e. The van der Waals surface area contributed by atoms with Crippen molar-refractivity contribution in [3.8, 4) is 0 Å². The van der Waals surface area contributed by atoms with E-state index in [1.807, 2.05) is 13.1 Å². The van der Waals surface area contributed by atoms with Crippen molar-refractivity contribution in [2.24, 2.45) is 4.99 Å². The Labute approximate surface area is 123 Å². The maximum Gasteiger partial charge on any atom is 0.191 e. The lowest BCUT2D eigenvalue weighted by Crippen LogP contribution is -2.38. The molecule has 98 valence electrons. The Bertz CT molecular complexity index is 343. The molecule has 0 amide bonds. The second-order valence-electron chi connectivity index (χ2n) is 3.21. The average Bonchev–Trinajstić information content (AvgIpc) is 2.69. The highest BCUT2D eigenvalue weighted by molar-refractivity contribution is 14.0. The molecule has 0 aliphatic heterocycles. The zero-order valence-corrected chi connectivity index (χ0v) is 13.5. The Morgan fingerprint density at radius 3 is 2.82 bits per heavy atom. The van der Waals surface area contributed by atoms with Crippen LogP contribution in [0, 0.1) is 6.92 Å². The van der Waals surface area contributed by atoms with Crippen LogP contribution in [-0.2, 0) is 11.3 Å². The predicted octanol–water partition coefficient (Wildman–Crippen LogP) is 1.38. The van der Waals surface area contributed by atoms with Gasteiger partial charge in [0.25, 0.3) is 0 Å². The second kappa shape index (κ2) is 9.60. The van der Waals surface area contributed by atoms with Crippen LogP contribution in [0.4, 0.5) is 0 Å². The minimum absolute atomic E-state index is 0. The first-order valence-corrected chi connectivity index (χ1v) is 5.92. The monoisotopic (exact) mass is 370 g/mol. The van der Waals surface area contributed by atoms with Gasteiger partial charge in [0.2, 0.25) is 0 Å². The lowest BCUT2D eigenvalue weighted by molar-refractivity contribution is 0.203. The van der Waals surface area contributed by atoms with Crippen LogP contribution in [0.1, 0.15) is 9.88 Å². The standard InChI is InChI=1S/C10H18N4OS.HI/c1-8-6-13-9(16-8)7-14-10(11-2)12-4-5-15-3;/h6H,4-5,7H2,1-3H3,(H2,11,12,14);1H. The minimum atomic E-state index is 0. The fraction of sp³-hybridized carbons (Fsp3) is 0.600. The van der Waals surface area contributed by atoms with Gasteiger partial charge in [0.1, 0.15) is 5.01 Å². The third-order valence-electron chi connectivity index (χ3n) is 1.90. The second-order valence-corrected chi connectivity index (χ2v) is 4.53. The Morgan fingerprint density at radius 1 is 1.53 bits per heavy atom. The summed E-state index contributed by atoms with van der Waals surface area (Å²) in [5.41, 5.74) is 0. The van der Waals surface area contributed by atoms with Gasteiger partial charge >= 0.3 is 0 Å². The van der Waals surface area contributed by atoms with Crippen molar-refractivity contribution in [3.63, 3.8) is 0 Å². The first-order valence-electron chi connectivity index (χ1n) is 5.11. The van der Waals surface area contributed by atoms with E-state index < -0.39 is 0 Å². The third kappa shape index (κ3) is 6.79. The fourth-order valence-corrected chi connectivity index (χ4v) is 1.86. The molecule has 0 saturated carbocycles. The highest BCUT2D eigenvalue weighted by Crippen LogP contribution is 2.10. The molecule has 0 bridgehead atoms. The topological polar surface area (TPSA) is 58.5 Å². The summed E-state index contributed by atoms with van der Waals surface area (Å²) in [7, 11) is 3.42. The van der Waals surface area contributed by atoms with Gasteiger partial charge in [-0.3, -0.25) is 4.99 Å². The molecule has 7 heteroatoms. The number of aromatic nitrogens is 1. The molecule has 0 spiro atoms. The number of hydrogen-bond donors (Lipinski definition) is 2. The lowest BCUT2D eigenvalue weighted by atomic mass is 10.6. The summed E-state index contributed by atoms with van der Waals surface area (Å²) in [6.45, 7) is 4.15. The largest absolute Gasteiger partial charge is 0.383 e. The number of aryl methyl sites for hydroxylation is 1. The van der Waals surface area contributed by atoms with E-state index in [-0.39, 0.29) is 24.0 Å². The molecule has 0 aliphatic rings. The quantitative estimate of drug-likeness (QED) is 0.356. The number of hydrogen-bond acceptors (Lipinski definition) is 4. The summed E-state index contributed by atoms with van der Waals surface area (Å²) in [4.78, 5) is 9.59. The summed E-state index contributed by atoms with van der Waals surface area (Å²) in [6.07, 6.45) is 1.88. The van der Waals surface area contributed by atoms with E-state index in [1.54, 1.807) is 25.5 Å². The normalized spacial score (nSPS) is 10.9. The van der Waals surface area contributed by atoms with Crippen molar-refractivity contribution in [2.45, 2.75) is 13.5 Å². The molecular weight excluding hydrogens is 351 g/mol. The molecule has 1 aromatic heterocycles. The zero-order valence-electron chi connectivity index (χ0n) is 10.3. The molecule has 17 heavy (non-hydrogen) atoms. The zero-order chi connectivity index (χ0) is 11.8. The first-order chi connectivity index (χ1) is 7.76. The molecule has 0 fully saturated rings. The molecule has 0 atom stereocenters. The fourth-order valence-electron chi connectivity index (χ4n) is 1.13. The van der Waals surface area contributed by atoms with Crippen molar-refractivity contribution >= 4 is 41.3 Å². The number of thiazole rings is 1. The molecular formula is C10H19IN4OS. The van der Waals surface area contributed by atoms with Gasteiger partial charge in [-0.15, -0.1) is 35.3 Å². The van der Waals surface area contributed by atoms with Crippen molar-refractivity contribution in [3.05, 3.63) is 16.1 Å². The van der Waals surface area contributed by atoms with E-state index in [4.69, 9.17) is 4.74 Å². The SMILES string of the molecule is CN=C(NCCOC)NCc1ncc(C)s1.I. The van der Waals surface area contributed by atoms with Crippen LogP contribution in [0.3, 0.4) is 0 Å². The third-order valence-corrected chi connectivity index (χ3v) is 2.81. The van der Waals surface area contributed by atoms with Crippen LogP contribution < -0.4 is 10.6 Å².